The lowest BCUT2D eigenvalue weighted by Crippen LogP contribution is -2.12. The largest absolute Gasteiger partial charge is 0.457 e. The molecule has 0 saturated carbocycles. The number of alkyl halides is 3. The van der Waals surface area contributed by atoms with Gasteiger partial charge in [0.2, 0.25) is 0 Å². The van der Waals surface area contributed by atoms with E-state index in [2.05, 4.69) is 0 Å². The smallest absolute Gasteiger partial charge is 0.416 e. The Labute approximate surface area is 121 Å². The molecule has 0 aromatic heterocycles. The highest BCUT2D eigenvalue weighted by atomic mass is 19.4. The number of aryl methyl sites for hydroxylation is 1. The van der Waals surface area contributed by atoms with E-state index in [1.54, 1.807) is 12.1 Å². The second-order valence-corrected chi connectivity index (χ2v) is 4.82. The van der Waals surface area contributed by atoms with Crippen LogP contribution in [0, 0.1) is 13.8 Å². The molecule has 0 atom stereocenters. The number of hydrogen-bond acceptors (Lipinski definition) is 2. The van der Waals surface area contributed by atoms with E-state index >= 15 is 0 Å². The van der Waals surface area contributed by atoms with Gasteiger partial charge in [-0.05, 0) is 48.7 Å². The summed E-state index contributed by atoms with van der Waals surface area (Å²) in [5.41, 5.74) is 6.56. The molecule has 5 heteroatoms. The summed E-state index contributed by atoms with van der Waals surface area (Å²) in [6.45, 7) is 3.61. The summed E-state index contributed by atoms with van der Waals surface area (Å²) in [5.74, 6) is 0.692. The maximum absolute atomic E-state index is 13.0. The van der Waals surface area contributed by atoms with Crippen LogP contribution in [-0.4, -0.2) is 0 Å². The highest BCUT2D eigenvalue weighted by Crippen LogP contribution is 2.36. The average Bonchev–Trinajstić information content (AvgIpc) is 2.43. The molecule has 0 fully saturated rings. The van der Waals surface area contributed by atoms with E-state index in [1.807, 2.05) is 19.9 Å². The average molecular weight is 295 g/mol. The zero-order valence-electron chi connectivity index (χ0n) is 11.8. The van der Waals surface area contributed by atoms with Crippen LogP contribution in [0.2, 0.25) is 0 Å². The third kappa shape index (κ3) is 3.36. The van der Waals surface area contributed by atoms with Gasteiger partial charge >= 0.3 is 6.18 Å². The number of ether oxygens (including phenoxy) is 1. The molecule has 0 aliphatic rings. The van der Waals surface area contributed by atoms with Crippen molar-refractivity contribution in [1.29, 1.82) is 0 Å². The molecule has 0 aliphatic heterocycles. The number of rotatable bonds is 3. The van der Waals surface area contributed by atoms with Gasteiger partial charge in [-0.3, -0.25) is 0 Å². The van der Waals surface area contributed by atoms with Gasteiger partial charge in [-0.25, -0.2) is 0 Å². The fraction of sp³-hybridized carbons (Fsp3) is 0.250. The standard InChI is InChI=1S/C16H16F3NO/c1-10-4-3-5-15(11(10)2)21-13-7-6-12(9-20)14(8-13)16(17,18)19/h3-8H,9,20H2,1-2H3. The molecule has 0 saturated heterocycles. The van der Waals surface area contributed by atoms with E-state index in [9.17, 15) is 13.2 Å². The molecule has 112 valence electrons. The van der Waals surface area contributed by atoms with E-state index < -0.39 is 11.7 Å². The van der Waals surface area contributed by atoms with Crippen molar-refractivity contribution in [3.63, 3.8) is 0 Å². The van der Waals surface area contributed by atoms with Gasteiger partial charge in [-0.2, -0.15) is 13.2 Å². The maximum atomic E-state index is 13.0. The molecule has 0 bridgehead atoms. The Balaban J connectivity index is 2.40. The number of nitrogens with two attached hydrogens (primary N) is 1. The fourth-order valence-corrected chi connectivity index (χ4v) is 2.02. The first kappa shape index (κ1) is 15.4. The van der Waals surface area contributed by atoms with Gasteiger partial charge in [0.25, 0.3) is 0 Å². The van der Waals surface area contributed by atoms with Crippen LogP contribution in [0.25, 0.3) is 0 Å². The molecule has 2 aromatic rings. The molecular formula is C16H16F3NO. The zero-order chi connectivity index (χ0) is 15.6. The highest BCUT2D eigenvalue weighted by Gasteiger charge is 2.33. The van der Waals surface area contributed by atoms with E-state index in [1.165, 1.54) is 12.1 Å². The van der Waals surface area contributed by atoms with Gasteiger partial charge in [0.05, 0.1) is 5.56 Å². The van der Waals surface area contributed by atoms with Crippen LogP contribution in [0.4, 0.5) is 13.2 Å². The van der Waals surface area contributed by atoms with Crippen molar-refractivity contribution in [2.45, 2.75) is 26.6 Å². The summed E-state index contributed by atoms with van der Waals surface area (Å²) >= 11 is 0. The molecule has 0 aliphatic carbocycles. The van der Waals surface area contributed by atoms with Crippen LogP contribution in [-0.2, 0) is 12.7 Å². The normalized spacial score (nSPS) is 11.5. The highest BCUT2D eigenvalue weighted by molar-refractivity contribution is 5.44. The molecule has 21 heavy (non-hydrogen) atoms. The second-order valence-electron chi connectivity index (χ2n) is 4.82. The third-order valence-electron chi connectivity index (χ3n) is 3.39. The van der Waals surface area contributed by atoms with Gasteiger partial charge in [-0.1, -0.05) is 18.2 Å². The molecule has 2 nitrogen and oxygen atoms in total. The van der Waals surface area contributed by atoms with E-state index in [0.717, 1.165) is 17.2 Å². The Morgan fingerprint density at radius 2 is 1.81 bits per heavy atom. The summed E-state index contributed by atoms with van der Waals surface area (Å²) in [4.78, 5) is 0. The molecule has 0 radical (unpaired) electrons. The summed E-state index contributed by atoms with van der Waals surface area (Å²) in [6, 6.07) is 9.29. The summed E-state index contributed by atoms with van der Waals surface area (Å²) < 4.78 is 44.5. The van der Waals surface area contributed by atoms with Crippen LogP contribution >= 0.6 is 0 Å². The monoisotopic (exact) mass is 295 g/mol. The third-order valence-corrected chi connectivity index (χ3v) is 3.39. The first-order chi connectivity index (χ1) is 9.82. The molecule has 2 aromatic carbocycles. The van der Waals surface area contributed by atoms with Crippen molar-refractivity contribution in [2.24, 2.45) is 5.73 Å². The zero-order valence-corrected chi connectivity index (χ0v) is 11.8. The molecule has 0 unspecified atom stereocenters. The van der Waals surface area contributed by atoms with Crippen molar-refractivity contribution in [3.05, 3.63) is 58.7 Å². The predicted octanol–water partition coefficient (Wildman–Crippen LogP) is 4.57. The van der Waals surface area contributed by atoms with Crippen LogP contribution in [0.15, 0.2) is 36.4 Å². The van der Waals surface area contributed by atoms with Crippen LogP contribution < -0.4 is 10.5 Å². The maximum Gasteiger partial charge on any atom is 0.416 e. The summed E-state index contributed by atoms with van der Waals surface area (Å²) in [7, 11) is 0. The molecule has 0 amide bonds. The molecule has 0 heterocycles. The van der Waals surface area contributed by atoms with Gasteiger partial charge in [-0.15, -0.1) is 0 Å². The Morgan fingerprint density at radius 3 is 2.43 bits per heavy atom. The first-order valence-corrected chi connectivity index (χ1v) is 6.47. The topological polar surface area (TPSA) is 35.2 Å². The summed E-state index contributed by atoms with van der Waals surface area (Å²) in [5, 5.41) is 0. The molecule has 2 rings (SSSR count). The lowest BCUT2D eigenvalue weighted by Gasteiger charge is -2.15. The molecule has 2 N–H and O–H groups in total. The minimum absolute atomic E-state index is 0.0517. The van der Waals surface area contributed by atoms with Crippen molar-refractivity contribution >= 4 is 0 Å². The Bertz CT molecular complexity index is 650. The van der Waals surface area contributed by atoms with Crippen molar-refractivity contribution < 1.29 is 17.9 Å². The lowest BCUT2D eigenvalue weighted by atomic mass is 10.1. The molecular weight excluding hydrogens is 279 g/mol. The number of hydrogen-bond donors (Lipinski definition) is 1. The number of halogens is 3. The minimum Gasteiger partial charge on any atom is -0.457 e. The van der Waals surface area contributed by atoms with Gasteiger partial charge in [0.15, 0.2) is 0 Å². The Kier molecular flexibility index (Phi) is 4.23. The van der Waals surface area contributed by atoms with Crippen LogP contribution in [0.3, 0.4) is 0 Å². The van der Waals surface area contributed by atoms with Gasteiger partial charge in [0, 0.05) is 6.54 Å². The minimum atomic E-state index is -4.45. The Morgan fingerprint density at radius 1 is 1.10 bits per heavy atom. The summed E-state index contributed by atoms with van der Waals surface area (Å²) in [6.07, 6.45) is -4.45. The van der Waals surface area contributed by atoms with Crippen molar-refractivity contribution in [3.8, 4) is 11.5 Å². The number of benzene rings is 2. The quantitative estimate of drug-likeness (QED) is 0.900. The van der Waals surface area contributed by atoms with Gasteiger partial charge < -0.3 is 10.5 Å². The van der Waals surface area contributed by atoms with Crippen LogP contribution in [0.5, 0.6) is 11.5 Å². The van der Waals surface area contributed by atoms with Gasteiger partial charge in [0.1, 0.15) is 11.5 Å². The Hall–Kier alpha value is -2.01. The first-order valence-electron chi connectivity index (χ1n) is 6.47. The fourth-order valence-electron chi connectivity index (χ4n) is 2.02. The van der Waals surface area contributed by atoms with E-state index in [0.29, 0.717) is 5.75 Å². The van der Waals surface area contributed by atoms with Crippen molar-refractivity contribution in [2.75, 3.05) is 0 Å². The SMILES string of the molecule is Cc1cccc(Oc2ccc(CN)c(C(F)(F)F)c2)c1C. The lowest BCUT2D eigenvalue weighted by molar-refractivity contribution is -0.138. The second kappa shape index (κ2) is 5.77. The van der Waals surface area contributed by atoms with E-state index in [4.69, 9.17) is 10.5 Å². The molecule has 0 spiro atoms. The van der Waals surface area contributed by atoms with Crippen LogP contribution in [0.1, 0.15) is 22.3 Å². The van der Waals surface area contributed by atoms with Crippen molar-refractivity contribution in [1.82, 2.24) is 0 Å². The van der Waals surface area contributed by atoms with E-state index in [-0.39, 0.29) is 17.9 Å². The predicted molar refractivity (Wildman–Crippen MR) is 75.3 cm³/mol.